The lowest BCUT2D eigenvalue weighted by Crippen LogP contribution is -2.36. The molecule has 1 unspecified atom stereocenters. The van der Waals surface area contributed by atoms with Crippen molar-refractivity contribution in [1.82, 2.24) is 5.32 Å². The average molecular weight is 221 g/mol. The van der Waals surface area contributed by atoms with Gasteiger partial charge in [0.25, 0.3) is 5.91 Å². The largest absolute Gasteiger partial charge is 0.507 e. The molecule has 3 nitrogen and oxygen atoms in total. The van der Waals surface area contributed by atoms with Crippen LogP contribution in [0.4, 0.5) is 0 Å². The molecule has 0 spiro atoms. The molecule has 0 aliphatic carbocycles. The summed E-state index contributed by atoms with van der Waals surface area (Å²) in [6.45, 7) is 7.91. The van der Waals surface area contributed by atoms with Gasteiger partial charge >= 0.3 is 0 Å². The van der Waals surface area contributed by atoms with E-state index in [2.05, 4.69) is 5.32 Å². The second-order valence-electron chi connectivity index (χ2n) is 4.53. The first kappa shape index (κ1) is 12.6. The zero-order valence-electron chi connectivity index (χ0n) is 10.2. The lowest BCUT2D eigenvalue weighted by molar-refractivity contribution is 0.0928. The Morgan fingerprint density at radius 2 is 1.94 bits per heavy atom. The van der Waals surface area contributed by atoms with Crippen molar-refractivity contribution in [2.75, 3.05) is 0 Å². The van der Waals surface area contributed by atoms with Gasteiger partial charge in [-0.15, -0.1) is 0 Å². The SMILES string of the molecule is Cc1ccc(C(=O)NC(C)C(C)C)c(O)c1. The zero-order chi connectivity index (χ0) is 12.3. The van der Waals surface area contributed by atoms with E-state index in [1.165, 1.54) is 0 Å². The van der Waals surface area contributed by atoms with E-state index >= 15 is 0 Å². The smallest absolute Gasteiger partial charge is 0.255 e. The minimum absolute atomic E-state index is 0.0356. The monoisotopic (exact) mass is 221 g/mol. The number of amides is 1. The molecule has 0 aliphatic rings. The van der Waals surface area contributed by atoms with E-state index in [1.807, 2.05) is 33.8 Å². The molecule has 0 fully saturated rings. The van der Waals surface area contributed by atoms with Crippen LogP contribution in [0.15, 0.2) is 18.2 Å². The number of rotatable bonds is 3. The number of hydrogen-bond acceptors (Lipinski definition) is 2. The minimum atomic E-state index is -0.223. The Morgan fingerprint density at radius 3 is 2.44 bits per heavy atom. The van der Waals surface area contributed by atoms with Gasteiger partial charge in [0, 0.05) is 6.04 Å². The standard InChI is InChI=1S/C13H19NO2/c1-8(2)10(4)14-13(16)11-6-5-9(3)7-12(11)15/h5-8,10,15H,1-4H3,(H,14,16). The molecule has 0 aliphatic heterocycles. The molecule has 16 heavy (non-hydrogen) atoms. The maximum atomic E-state index is 11.8. The van der Waals surface area contributed by atoms with Crippen molar-refractivity contribution in [2.45, 2.75) is 33.7 Å². The maximum absolute atomic E-state index is 11.8. The van der Waals surface area contributed by atoms with Gasteiger partial charge in [0.1, 0.15) is 5.75 Å². The van der Waals surface area contributed by atoms with Crippen LogP contribution in [0.5, 0.6) is 5.75 Å². The molecule has 0 saturated carbocycles. The number of carbonyl (C=O) groups is 1. The van der Waals surface area contributed by atoms with Gasteiger partial charge in [0.15, 0.2) is 0 Å². The summed E-state index contributed by atoms with van der Waals surface area (Å²) in [5.74, 6) is 0.184. The van der Waals surface area contributed by atoms with Crippen molar-refractivity contribution < 1.29 is 9.90 Å². The highest BCUT2D eigenvalue weighted by Crippen LogP contribution is 2.18. The van der Waals surface area contributed by atoms with E-state index in [1.54, 1.807) is 12.1 Å². The topological polar surface area (TPSA) is 49.3 Å². The fraction of sp³-hybridized carbons (Fsp3) is 0.462. The highest BCUT2D eigenvalue weighted by molar-refractivity contribution is 5.97. The van der Waals surface area contributed by atoms with Gasteiger partial charge in [-0.1, -0.05) is 19.9 Å². The van der Waals surface area contributed by atoms with Crippen molar-refractivity contribution in [1.29, 1.82) is 0 Å². The number of carbonyl (C=O) groups excluding carboxylic acids is 1. The van der Waals surface area contributed by atoms with E-state index in [9.17, 15) is 9.90 Å². The van der Waals surface area contributed by atoms with Crippen molar-refractivity contribution >= 4 is 5.91 Å². The summed E-state index contributed by atoms with van der Waals surface area (Å²) in [7, 11) is 0. The fourth-order valence-electron chi connectivity index (χ4n) is 1.28. The molecule has 88 valence electrons. The molecule has 3 heteroatoms. The Kier molecular flexibility index (Phi) is 3.93. The number of phenolic OH excluding ortho intramolecular Hbond substituents is 1. The third kappa shape index (κ3) is 2.99. The molecule has 0 saturated heterocycles. The van der Waals surface area contributed by atoms with Gasteiger partial charge in [-0.2, -0.15) is 0 Å². The fourth-order valence-corrected chi connectivity index (χ4v) is 1.28. The Bertz CT molecular complexity index is 386. The predicted molar refractivity (Wildman–Crippen MR) is 64.6 cm³/mol. The van der Waals surface area contributed by atoms with Gasteiger partial charge in [0.05, 0.1) is 5.56 Å². The zero-order valence-corrected chi connectivity index (χ0v) is 10.2. The summed E-state index contributed by atoms with van der Waals surface area (Å²) < 4.78 is 0. The van der Waals surface area contributed by atoms with Crippen molar-refractivity contribution in [3.05, 3.63) is 29.3 Å². The van der Waals surface area contributed by atoms with Crippen LogP contribution in [0.25, 0.3) is 0 Å². The maximum Gasteiger partial charge on any atom is 0.255 e. The van der Waals surface area contributed by atoms with Crippen LogP contribution in [0, 0.1) is 12.8 Å². The van der Waals surface area contributed by atoms with Crippen LogP contribution < -0.4 is 5.32 Å². The van der Waals surface area contributed by atoms with E-state index in [0.717, 1.165) is 5.56 Å². The summed E-state index contributed by atoms with van der Waals surface area (Å²) in [6, 6.07) is 5.14. The highest BCUT2D eigenvalue weighted by atomic mass is 16.3. The Balaban J connectivity index is 2.81. The third-order valence-electron chi connectivity index (χ3n) is 2.76. The highest BCUT2D eigenvalue weighted by Gasteiger charge is 2.15. The molecule has 0 bridgehead atoms. The van der Waals surface area contributed by atoms with Gasteiger partial charge in [-0.25, -0.2) is 0 Å². The van der Waals surface area contributed by atoms with Gasteiger partial charge in [-0.05, 0) is 37.5 Å². The second-order valence-corrected chi connectivity index (χ2v) is 4.53. The first-order valence-corrected chi connectivity index (χ1v) is 5.52. The summed E-state index contributed by atoms with van der Waals surface area (Å²) in [5, 5.41) is 12.5. The van der Waals surface area contributed by atoms with Crippen molar-refractivity contribution in [2.24, 2.45) is 5.92 Å². The summed E-state index contributed by atoms with van der Waals surface area (Å²) in [6.07, 6.45) is 0. The molecular formula is C13H19NO2. The van der Waals surface area contributed by atoms with E-state index < -0.39 is 0 Å². The Morgan fingerprint density at radius 1 is 1.31 bits per heavy atom. The Labute approximate surface area is 96.5 Å². The Hall–Kier alpha value is -1.51. The van der Waals surface area contributed by atoms with E-state index in [4.69, 9.17) is 0 Å². The van der Waals surface area contributed by atoms with Gasteiger partial charge in [0.2, 0.25) is 0 Å². The molecule has 0 radical (unpaired) electrons. The molecule has 1 amide bonds. The van der Waals surface area contributed by atoms with E-state index in [-0.39, 0.29) is 17.7 Å². The molecule has 1 atom stereocenters. The molecule has 1 aromatic carbocycles. The molecular weight excluding hydrogens is 202 g/mol. The van der Waals surface area contributed by atoms with Gasteiger partial charge < -0.3 is 10.4 Å². The van der Waals surface area contributed by atoms with Crippen molar-refractivity contribution in [3.63, 3.8) is 0 Å². The first-order chi connectivity index (χ1) is 7.41. The van der Waals surface area contributed by atoms with Crippen LogP contribution in [0.2, 0.25) is 0 Å². The lowest BCUT2D eigenvalue weighted by Gasteiger charge is -2.17. The van der Waals surface area contributed by atoms with Gasteiger partial charge in [-0.3, -0.25) is 4.79 Å². The predicted octanol–water partition coefficient (Wildman–Crippen LogP) is 2.47. The third-order valence-corrected chi connectivity index (χ3v) is 2.76. The summed E-state index contributed by atoms with van der Waals surface area (Å²) in [5.41, 5.74) is 1.27. The number of aromatic hydroxyl groups is 1. The molecule has 1 rings (SSSR count). The number of benzene rings is 1. The quantitative estimate of drug-likeness (QED) is 0.823. The van der Waals surface area contributed by atoms with Crippen LogP contribution >= 0.6 is 0 Å². The second kappa shape index (κ2) is 5.01. The molecule has 1 aromatic rings. The molecule has 0 heterocycles. The minimum Gasteiger partial charge on any atom is -0.507 e. The lowest BCUT2D eigenvalue weighted by atomic mass is 10.1. The van der Waals surface area contributed by atoms with Crippen LogP contribution in [-0.2, 0) is 0 Å². The number of hydrogen-bond donors (Lipinski definition) is 2. The van der Waals surface area contributed by atoms with E-state index in [0.29, 0.717) is 11.5 Å². The van der Waals surface area contributed by atoms with Crippen LogP contribution in [0.3, 0.4) is 0 Å². The average Bonchev–Trinajstić information content (AvgIpc) is 2.16. The van der Waals surface area contributed by atoms with Crippen molar-refractivity contribution in [3.8, 4) is 5.75 Å². The summed E-state index contributed by atoms with van der Waals surface area (Å²) in [4.78, 5) is 11.8. The number of nitrogens with one attached hydrogen (secondary N) is 1. The number of aryl methyl sites for hydroxylation is 1. The normalized spacial score (nSPS) is 12.6. The van der Waals surface area contributed by atoms with Crippen LogP contribution in [-0.4, -0.2) is 17.1 Å². The molecule has 0 aromatic heterocycles. The summed E-state index contributed by atoms with van der Waals surface area (Å²) >= 11 is 0. The molecule has 2 N–H and O–H groups in total. The number of phenols is 1. The first-order valence-electron chi connectivity index (χ1n) is 5.52. The van der Waals surface area contributed by atoms with Crippen LogP contribution in [0.1, 0.15) is 36.7 Å².